The number of benzene rings is 1. The second kappa shape index (κ2) is 7.13. The third-order valence-electron chi connectivity index (χ3n) is 5.02. The van der Waals surface area contributed by atoms with Gasteiger partial charge in [0.2, 0.25) is 5.62 Å². The molecule has 0 saturated carbocycles. The third-order valence-corrected chi connectivity index (χ3v) is 5.02. The van der Waals surface area contributed by atoms with Crippen LogP contribution in [0.5, 0.6) is 11.5 Å². The second-order valence-corrected chi connectivity index (χ2v) is 6.83. The zero-order valence-corrected chi connectivity index (χ0v) is 15.0. The summed E-state index contributed by atoms with van der Waals surface area (Å²) in [4.78, 5) is 6.66. The fourth-order valence-electron chi connectivity index (χ4n) is 3.78. The number of nitrogens with zero attached hydrogens (tertiary/aromatic N) is 3. The lowest BCUT2D eigenvalue weighted by Crippen LogP contribution is -2.33. The first kappa shape index (κ1) is 17.1. The highest BCUT2D eigenvalue weighted by molar-refractivity contribution is 5.95. The highest BCUT2D eigenvalue weighted by atomic mass is 16.5. The minimum Gasteiger partial charge on any atom is -0.491 e. The van der Waals surface area contributed by atoms with Gasteiger partial charge in [-0.25, -0.2) is 4.98 Å². The fraction of sp³-hybridized carbons (Fsp3) is 0.556. The number of β-amino-alcohol motifs (C(OH)–C–C–N with tert-alkyl or cyclic N) is 1. The SMILES string of the molecule is COc1c(OCC(O)CN2CCCC2)ccc2c3n(c(=N)nc12)CCN3. The maximum Gasteiger partial charge on any atom is 0.224 e. The van der Waals surface area contributed by atoms with Gasteiger partial charge in [-0.3, -0.25) is 9.98 Å². The van der Waals surface area contributed by atoms with Gasteiger partial charge in [0.05, 0.1) is 7.11 Å². The lowest BCUT2D eigenvalue weighted by molar-refractivity contribution is 0.0748. The fourth-order valence-corrected chi connectivity index (χ4v) is 3.78. The van der Waals surface area contributed by atoms with Gasteiger partial charge in [0, 0.05) is 25.0 Å². The molecule has 1 aromatic heterocycles. The number of hydrogen-bond acceptors (Lipinski definition) is 7. The van der Waals surface area contributed by atoms with Gasteiger partial charge in [-0.05, 0) is 38.1 Å². The van der Waals surface area contributed by atoms with E-state index in [4.69, 9.17) is 14.9 Å². The number of methoxy groups -OCH3 is 1. The average molecular weight is 359 g/mol. The summed E-state index contributed by atoms with van der Waals surface area (Å²) in [5.41, 5.74) is 0.798. The van der Waals surface area contributed by atoms with E-state index in [2.05, 4.69) is 15.2 Å². The molecule has 0 aliphatic carbocycles. The number of aromatic nitrogens is 2. The molecule has 0 radical (unpaired) electrons. The van der Waals surface area contributed by atoms with E-state index in [1.807, 2.05) is 16.7 Å². The molecule has 1 saturated heterocycles. The van der Waals surface area contributed by atoms with E-state index in [1.54, 1.807) is 7.11 Å². The Morgan fingerprint density at radius 3 is 2.88 bits per heavy atom. The van der Waals surface area contributed by atoms with Crippen molar-refractivity contribution in [1.29, 1.82) is 5.41 Å². The molecule has 8 nitrogen and oxygen atoms in total. The third kappa shape index (κ3) is 3.10. The van der Waals surface area contributed by atoms with Crippen molar-refractivity contribution in [3.05, 3.63) is 17.8 Å². The standard InChI is InChI=1S/C18H25N5O3/c1-25-16-14(26-11-12(24)10-22-7-2-3-8-22)5-4-13-15(16)21-18(19)23-9-6-20-17(13)23/h4-5,12,19-20,24H,2-3,6-11H2,1H3. The van der Waals surface area contributed by atoms with Crippen molar-refractivity contribution in [2.24, 2.45) is 0 Å². The van der Waals surface area contributed by atoms with E-state index < -0.39 is 6.10 Å². The number of rotatable bonds is 6. The van der Waals surface area contributed by atoms with Crippen LogP contribution in [0.1, 0.15) is 12.8 Å². The molecule has 1 fully saturated rings. The molecule has 2 aliphatic rings. The normalized spacial score (nSPS) is 17.9. The van der Waals surface area contributed by atoms with Crippen molar-refractivity contribution >= 4 is 16.7 Å². The van der Waals surface area contributed by atoms with E-state index in [0.29, 0.717) is 23.6 Å². The highest BCUT2D eigenvalue weighted by Gasteiger charge is 2.21. The molecular formula is C18H25N5O3. The topological polar surface area (TPSA) is 95.6 Å². The number of fused-ring (bicyclic) bond motifs is 3. The van der Waals surface area contributed by atoms with Crippen LogP contribution in [0.25, 0.3) is 10.9 Å². The highest BCUT2D eigenvalue weighted by Crippen LogP contribution is 2.37. The van der Waals surface area contributed by atoms with Crippen LogP contribution in [0, 0.1) is 5.41 Å². The first-order chi connectivity index (χ1) is 12.7. The summed E-state index contributed by atoms with van der Waals surface area (Å²) < 4.78 is 13.2. The van der Waals surface area contributed by atoms with Crippen LogP contribution in [-0.4, -0.2) is 65.6 Å². The average Bonchev–Trinajstić information content (AvgIpc) is 3.31. The summed E-state index contributed by atoms with van der Waals surface area (Å²) in [5.74, 6) is 1.93. The molecule has 0 bridgehead atoms. The van der Waals surface area contributed by atoms with E-state index in [0.717, 1.165) is 37.4 Å². The van der Waals surface area contributed by atoms with Gasteiger partial charge in [-0.15, -0.1) is 0 Å². The smallest absolute Gasteiger partial charge is 0.224 e. The Balaban J connectivity index is 1.57. The van der Waals surface area contributed by atoms with Crippen LogP contribution in [0.3, 0.4) is 0 Å². The van der Waals surface area contributed by atoms with Gasteiger partial charge >= 0.3 is 0 Å². The largest absolute Gasteiger partial charge is 0.491 e. The molecule has 1 aromatic carbocycles. The molecule has 8 heteroatoms. The van der Waals surface area contributed by atoms with Gasteiger partial charge in [0.1, 0.15) is 24.0 Å². The van der Waals surface area contributed by atoms with Crippen LogP contribution >= 0.6 is 0 Å². The minimum absolute atomic E-state index is 0.196. The summed E-state index contributed by atoms with van der Waals surface area (Å²) in [5, 5.41) is 22.6. The maximum absolute atomic E-state index is 10.3. The Morgan fingerprint density at radius 1 is 1.31 bits per heavy atom. The van der Waals surface area contributed by atoms with E-state index in [-0.39, 0.29) is 12.2 Å². The van der Waals surface area contributed by atoms with Gasteiger partial charge in [-0.1, -0.05) is 0 Å². The van der Waals surface area contributed by atoms with Crippen molar-refractivity contribution in [2.75, 3.05) is 45.2 Å². The maximum atomic E-state index is 10.3. The number of nitrogens with one attached hydrogen (secondary N) is 2. The van der Waals surface area contributed by atoms with Crippen molar-refractivity contribution in [3.8, 4) is 11.5 Å². The first-order valence-corrected chi connectivity index (χ1v) is 9.10. The second-order valence-electron chi connectivity index (χ2n) is 6.83. The molecule has 0 amide bonds. The molecule has 2 aromatic rings. The number of aliphatic hydroxyl groups excluding tert-OH is 1. The first-order valence-electron chi connectivity index (χ1n) is 9.10. The Morgan fingerprint density at radius 2 is 2.12 bits per heavy atom. The van der Waals surface area contributed by atoms with Gasteiger partial charge in [0.25, 0.3) is 0 Å². The van der Waals surface area contributed by atoms with Crippen LogP contribution < -0.4 is 20.4 Å². The summed E-state index contributed by atoms with van der Waals surface area (Å²) in [7, 11) is 1.57. The number of likely N-dealkylation sites (tertiary alicyclic amines) is 1. The Labute approximate surface area is 151 Å². The van der Waals surface area contributed by atoms with E-state index >= 15 is 0 Å². The van der Waals surface area contributed by atoms with Crippen molar-refractivity contribution in [1.82, 2.24) is 14.5 Å². The quantitative estimate of drug-likeness (QED) is 0.706. The Bertz CT molecular complexity index is 860. The van der Waals surface area contributed by atoms with E-state index in [9.17, 15) is 5.11 Å². The van der Waals surface area contributed by atoms with E-state index in [1.165, 1.54) is 12.8 Å². The van der Waals surface area contributed by atoms with Crippen LogP contribution in [0.2, 0.25) is 0 Å². The molecule has 0 spiro atoms. The molecular weight excluding hydrogens is 334 g/mol. The lowest BCUT2D eigenvalue weighted by atomic mass is 10.2. The van der Waals surface area contributed by atoms with Crippen LogP contribution in [0.4, 0.5) is 5.82 Å². The van der Waals surface area contributed by atoms with Gasteiger partial charge < -0.3 is 24.8 Å². The zero-order valence-electron chi connectivity index (χ0n) is 15.0. The van der Waals surface area contributed by atoms with Crippen LogP contribution in [-0.2, 0) is 6.54 Å². The van der Waals surface area contributed by atoms with Gasteiger partial charge in [-0.2, -0.15) is 0 Å². The zero-order chi connectivity index (χ0) is 18.1. The Hall–Kier alpha value is -2.32. The van der Waals surface area contributed by atoms with Crippen molar-refractivity contribution in [2.45, 2.75) is 25.5 Å². The molecule has 1 atom stereocenters. The molecule has 140 valence electrons. The monoisotopic (exact) mass is 359 g/mol. The predicted molar refractivity (Wildman–Crippen MR) is 97.8 cm³/mol. The number of aliphatic hydroxyl groups is 1. The lowest BCUT2D eigenvalue weighted by Gasteiger charge is -2.20. The number of hydrogen-bond donors (Lipinski definition) is 3. The summed E-state index contributed by atoms with van der Waals surface area (Å²) in [6.07, 6.45) is 1.85. The van der Waals surface area contributed by atoms with Crippen LogP contribution in [0.15, 0.2) is 12.1 Å². The summed E-state index contributed by atoms with van der Waals surface area (Å²) in [6, 6.07) is 3.77. The molecule has 1 unspecified atom stereocenters. The van der Waals surface area contributed by atoms with Crippen molar-refractivity contribution < 1.29 is 14.6 Å². The summed E-state index contributed by atoms with van der Waals surface area (Å²) >= 11 is 0. The van der Waals surface area contributed by atoms with Gasteiger partial charge in [0.15, 0.2) is 11.5 Å². The van der Waals surface area contributed by atoms with Crippen molar-refractivity contribution in [3.63, 3.8) is 0 Å². The molecule has 3 N–H and O–H groups in total. The minimum atomic E-state index is -0.551. The number of ether oxygens (including phenoxy) is 2. The number of anilines is 1. The molecule has 2 aliphatic heterocycles. The molecule has 26 heavy (non-hydrogen) atoms. The predicted octanol–water partition coefficient (Wildman–Crippen LogP) is 0.785. The molecule has 4 rings (SSSR count). The molecule has 3 heterocycles. The summed E-state index contributed by atoms with van der Waals surface area (Å²) in [6.45, 7) is 4.43. The Kier molecular flexibility index (Phi) is 4.69.